The first-order valence-corrected chi connectivity index (χ1v) is 10.8. The molecule has 1 heterocycles. The summed E-state index contributed by atoms with van der Waals surface area (Å²) in [4.78, 5) is 24.5. The van der Waals surface area contributed by atoms with Crippen LogP contribution in [0.3, 0.4) is 0 Å². The Labute approximate surface area is 193 Å². The van der Waals surface area contributed by atoms with Crippen molar-refractivity contribution in [3.05, 3.63) is 58.6 Å². The fraction of sp³-hybridized carbons (Fsp3) is 0.348. The van der Waals surface area contributed by atoms with Crippen LogP contribution in [0, 0.1) is 0 Å². The van der Waals surface area contributed by atoms with Gasteiger partial charge in [-0.05, 0) is 63.6 Å². The third kappa shape index (κ3) is 4.96. The number of carbonyl (C=O) groups is 1. The van der Waals surface area contributed by atoms with Crippen LogP contribution in [0.2, 0.25) is 5.02 Å². The van der Waals surface area contributed by atoms with E-state index in [2.05, 4.69) is 9.98 Å². The Morgan fingerprint density at radius 3 is 2.50 bits per heavy atom. The van der Waals surface area contributed by atoms with Crippen LogP contribution < -0.4 is 21.1 Å². The Hall–Kier alpha value is -3.26. The lowest BCUT2D eigenvalue weighted by Crippen LogP contribution is -2.54. The normalized spacial score (nSPS) is 15.1. The van der Waals surface area contributed by atoms with Crippen molar-refractivity contribution in [2.24, 2.45) is 21.5 Å². The van der Waals surface area contributed by atoms with E-state index in [4.69, 9.17) is 27.8 Å². The van der Waals surface area contributed by atoms with E-state index in [0.29, 0.717) is 29.4 Å². The summed E-state index contributed by atoms with van der Waals surface area (Å²) < 4.78 is 5.92. The average molecular weight is 457 g/mol. The molecule has 1 aliphatic rings. The molecule has 0 unspecified atom stereocenters. The maximum atomic E-state index is 12.6. The molecule has 4 N–H and O–H groups in total. The van der Waals surface area contributed by atoms with E-state index in [0.717, 1.165) is 11.3 Å². The van der Waals surface area contributed by atoms with Crippen LogP contribution in [0.4, 0.5) is 5.69 Å². The van der Waals surface area contributed by atoms with E-state index in [1.807, 2.05) is 58.0 Å². The number of benzene rings is 2. The van der Waals surface area contributed by atoms with Crippen LogP contribution in [0.15, 0.2) is 52.4 Å². The van der Waals surface area contributed by atoms with Gasteiger partial charge in [-0.3, -0.25) is 9.69 Å². The number of halogens is 1. The van der Waals surface area contributed by atoms with Gasteiger partial charge in [0.05, 0.1) is 5.02 Å². The summed E-state index contributed by atoms with van der Waals surface area (Å²) in [5, 5.41) is 0.420. The molecule has 0 aromatic heterocycles. The highest BCUT2D eigenvalue weighted by atomic mass is 35.5. The molecule has 0 saturated carbocycles. The molecule has 170 valence electrons. The Balaban J connectivity index is 1.75. The van der Waals surface area contributed by atoms with Gasteiger partial charge in [0.1, 0.15) is 18.0 Å². The molecule has 0 bridgehead atoms. The highest BCUT2D eigenvalue weighted by molar-refractivity contribution is 6.32. The predicted octanol–water partition coefficient (Wildman–Crippen LogP) is 3.59. The largest absolute Gasteiger partial charge is 0.487 e. The number of rotatable bonds is 7. The molecular weight excluding hydrogens is 428 g/mol. The lowest BCUT2D eigenvalue weighted by Gasteiger charge is -2.38. The molecule has 8 nitrogen and oxygen atoms in total. The van der Waals surface area contributed by atoms with Gasteiger partial charge in [-0.2, -0.15) is 4.99 Å². The fourth-order valence-electron chi connectivity index (χ4n) is 3.65. The molecule has 0 atom stereocenters. The minimum Gasteiger partial charge on any atom is -0.487 e. The smallest absolute Gasteiger partial charge is 0.253 e. The number of amides is 1. The number of aliphatic imine (C=N–C) groups is 2. The standard InChI is InChI=1S/C23H29ClN6O2/c1-5-29(6-2)20(31)16-9-7-8-15(12-16)14-32-19-11-10-17(13-18(19)24)30-22(26)27-21(25)28-23(30,3)4/h7-13H,5-6,14H2,1-4H3,(H4,25,26,27,28). The van der Waals surface area contributed by atoms with E-state index in [1.54, 1.807) is 21.9 Å². The fourth-order valence-corrected chi connectivity index (χ4v) is 3.88. The number of nitrogens with zero attached hydrogens (tertiary/aromatic N) is 4. The summed E-state index contributed by atoms with van der Waals surface area (Å²) in [6, 6.07) is 12.8. The maximum absolute atomic E-state index is 12.6. The van der Waals surface area contributed by atoms with Gasteiger partial charge >= 0.3 is 0 Å². The Bertz CT molecular complexity index is 1060. The molecule has 0 spiro atoms. The average Bonchev–Trinajstić information content (AvgIpc) is 2.72. The molecule has 0 radical (unpaired) electrons. The molecule has 0 aliphatic carbocycles. The zero-order chi connectivity index (χ0) is 23.5. The van der Waals surface area contributed by atoms with Gasteiger partial charge in [0, 0.05) is 24.3 Å². The van der Waals surface area contributed by atoms with Crippen molar-refractivity contribution in [1.82, 2.24) is 4.90 Å². The third-order valence-corrected chi connectivity index (χ3v) is 5.48. The Kier molecular flexibility index (Phi) is 6.93. The number of anilines is 1. The number of hydrogen-bond acceptors (Lipinski definition) is 7. The van der Waals surface area contributed by atoms with E-state index >= 15 is 0 Å². The number of ether oxygens (including phenoxy) is 1. The predicted molar refractivity (Wildman–Crippen MR) is 129 cm³/mol. The molecule has 2 aromatic carbocycles. The van der Waals surface area contributed by atoms with E-state index in [1.165, 1.54) is 0 Å². The first-order valence-electron chi connectivity index (χ1n) is 10.5. The Morgan fingerprint density at radius 2 is 1.88 bits per heavy atom. The second-order valence-corrected chi connectivity index (χ2v) is 8.26. The lowest BCUT2D eigenvalue weighted by atomic mass is 10.1. The van der Waals surface area contributed by atoms with Crippen molar-refractivity contribution in [2.45, 2.75) is 40.0 Å². The second kappa shape index (κ2) is 9.48. The highest BCUT2D eigenvalue weighted by Crippen LogP contribution is 2.34. The maximum Gasteiger partial charge on any atom is 0.253 e. The molecule has 0 saturated heterocycles. The molecule has 9 heteroatoms. The van der Waals surface area contributed by atoms with E-state index < -0.39 is 5.66 Å². The SMILES string of the molecule is CCN(CC)C(=O)c1cccc(COc2ccc(N3C(N)=NC(N)=NC3(C)C)cc2Cl)c1. The van der Waals surface area contributed by atoms with Crippen LogP contribution in [-0.4, -0.2) is 41.5 Å². The molecule has 1 amide bonds. The first kappa shape index (κ1) is 23.4. The summed E-state index contributed by atoms with van der Waals surface area (Å²) in [7, 11) is 0. The van der Waals surface area contributed by atoms with Gasteiger partial charge in [0.25, 0.3) is 5.91 Å². The highest BCUT2D eigenvalue weighted by Gasteiger charge is 2.33. The quantitative estimate of drug-likeness (QED) is 0.661. The van der Waals surface area contributed by atoms with Gasteiger partial charge in [-0.1, -0.05) is 23.7 Å². The topological polar surface area (TPSA) is 110 Å². The van der Waals surface area contributed by atoms with Crippen molar-refractivity contribution < 1.29 is 9.53 Å². The number of guanidine groups is 2. The van der Waals surface area contributed by atoms with Gasteiger partial charge in [-0.15, -0.1) is 0 Å². The van der Waals surface area contributed by atoms with Gasteiger partial charge < -0.3 is 21.1 Å². The van der Waals surface area contributed by atoms with Crippen LogP contribution in [-0.2, 0) is 6.61 Å². The molecule has 2 aromatic rings. The Morgan fingerprint density at radius 1 is 1.16 bits per heavy atom. The molecule has 1 aliphatic heterocycles. The molecular formula is C23H29ClN6O2. The summed E-state index contributed by atoms with van der Waals surface area (Å²) in [6.45, 7) is 9.30. The van der Waals surface area contributed by atoms with Crippen LogP contribution in [0.25, 0.3) is 0 Å². The zero-order valence-corrected chi connectivity index (χ0v) is 19.6. The summed E-state index contributed by atoms with van der Waals surface area (Å²) in [5.74, 6) is 0.897. The summed E-state index contributed by atoms with van der Waals surface area (Å²) in [5.41, 5.74) is 13.4. The lowest BCUT2D eigenvalue weighted by molar-refractivity contribution is 0.0773. The summed E-state index contributed by atoms with van der Waals surface area (Å²) in [6.07, 6.45) is 0. The second-order valence-electron chi connectivity index (χ2n) is 7.85. The van der Waals surface area contributed by atoms with Crippen molar-refractivity contribution >= 4 is 35.1 Å². The molecule has 0 fully saturated rings. The van der Waals surface area contributed by atoms with Gasteiger partial charge in [0.15, 0.2) is 0 Å². The summed E-state index contributed by atoms with van der Waals surface area (Å²) >= 11 is 6.49. The van der Waals surface area contributed by atoms with Crippen LogP contribution in [0.1, 0.15) is 43.6 Å². The van der Waals surface area contributed by atoms with Crippen molar-refractivity contribution in [1.29, 1.82) is 0 Å². The van der Waals surface area contributed by atoms with Crippen molar-refractivity contribution in [2.75, 3.05) is 18.0 Å². The minimum absolute atomic E-state index is 0.00549. The number of carbonyl (C=O) groups excluding carboxylic acids is 1. The minimum atomic E-state index is -0.709. The number of hydrogen-bond donors (Lipinski definition) is 2. The molecule has 3 rings (SSSR count). The molecule has 32 heavy (non-hydrogen) atoms. The van der Waals surface area contributed by atoms with Gasteiger partial charge in [-0.25, -0.2) is 4.99 Å². The number of nitrogens with two attached hydrogens (primary N) is 2. The van der Waals surface area contributed by atoms with E-state index in [9.17, 15) is 4.79 Å². The van der Waals surface area contributed by atoms with Crippen molar-refractivity contribution in [3.8, 4) is 5.75 Å². The first-order chi connectivity index (χ1) is 15.2. The third-order valence-electron chi connectivity index (χ3n) is 5.19. The van der Waals surface area contributed by atoms with Gasteiger partial charge in [0.2, 0.25) is 11.9 Å². The van der Waals surface area contributed by atoms with Crippen LogP contribution in [0.5, 0.6) is 5.75 Å². The van der Waals surface area contributed by atoms with E-state index in [-0.39, 0.29) is 24.4 Å². The monoisotopic (exact) mass is 456 g/mol. The van der Waals surface area contributed by atoms with Crippen LogP contribution >= 0.6 is 11.6 Å². The van der Waals surface area contributed by atoms with Crippen molar-refractivity contribution in [3.63, 3.8) is 0 Å². The zero-order valence-electron chi connectivity index (χ0n) is 18.8.